The molecule has 2 N–H and O–H groups in total. The van der Waals surface area contributed by atoms with Crippen LogP contribution in [0.2, 0.25) is 0 Å². The molecule has 2 aromatic rings. The third-order valence-corrected chi connectivity index (χ3v) is 3.17. The first-order chi connectivity index (χ1) is 9.93. The number of aryl methyl sites for hydroxylation is 1. The summed E-state index contributed by atoms with van der Waals surface area (Å²) in [5.74, 6) is -1.07. The number of ether oxygens (including phenoxy) is 1. The standard InChI is InChI=1S/C14H15N3O4/c1-8-10(7-15-17(8)2)13(18)16-11-6-9(14(19)20)4-5-12(11)21-3/h4-7H,1-3H3,(H,16,18)(H,19,20). The molecule has 110 valence electrons. The van der Waals surface area contributed by atoms with E-state index in [0.29, 0.717) is 22.7 Å². The van der Waals surface area contributed by atoms with E-state index in [0.717, 1.165) is 0 Å². The Balaban J connectivity index is 2.33. The van der Waals surface area contributed by atoms with Crippen molar-refractivity contribution in [3.8, 4) is 5.75 Å². The van der Waals surface area contributed by atoms with Gasteiger partial charge in [0, 0.05) is 12.7 Å². The third-order valence-electron chi connectivity index (χ3n) is 3.17. The molecule has 0 radical (unpaired) electrons. The van der Waals surface area contributed by atoms with Crippen molar-refractivity contribution in [2.24, 2.45) is 7.05 Å². The van der Waals surface area contributed by atoms with Crippen LogP contribution in [0.25, 0.3) is 0 Å². The van der Waals surface area contributed by atoms with Crippen molar-refractivity contribution in [2.45, 2.75) is 6.92 Å². The lowest BCUT2D eigenvalue weighted by Gasteiger charge is -2.10. The van der Waals surface area contributed by atoms with E-state index in [1.54, 1.807) is 18.7 Å². The number of carbonyl (C=O) groups is 2. The Morgan fingerprint density at radius 1 is 1.38 bits per heavy atom. The van der Waals surface area contributed by atoms with E-state index in [9.17, 15) is 9.59 Å². The number of hydrogen-bond acceptors (Lipinski definition) is 4. The van der Waals surface area contributed by atoms with Crippen LogP contribution in [0.3, 0.4) is 0 Å². The molecule has 1 aromatic carbocycles. The van der Waals surface area contributed by atoms with Gasteiger partial charge in [-0.3, -0.25) is 9.48 Å². The van der Waals surface area contributed by atoms with Gasteiger partial charge in [-0.1, -0.05) is 0 Å². The highest BCUT2D eigenvalue weighted by Gasteiger charge is 2.16. The highest BCUT2D eigenvalue weighted by Crippen LogP contribution is 2.26. The van der Waals surface area contributed by atoms with Gasteiger partial charge in [0.05, 0.1) is 30.1 Å². The third kappa shape index (κ3) is 2.86. The zero-order chi connectivity index (χ0) is 15.6. The maximum absolute atomic E-state index is 12.2. The molecule has 0 aliphatic heterocycles. The van der Waals surface area contributed by atoms with E-state index in [1.165, 1.54) is 31.5 Å². The smallest absolute Gasteiger partial charge is 0.335 e. The fourth-order valence-corrected chi connectivity index (χ4v) is 1.85. The molecular weight excluding hydrogens is 274 g/mol. The van der Waals surface area contributed by atoms with Crippen molar-refractivity contribution in [2.75, 3.05) is 12.4 Å². The van der Waals surface area contributed by atoms with Crippen LogP contribution in [0.4, 0.5) is 5.69 Å². The molecule has 21 heavy (non-hydrogen) atoms. The van der Waals surface area contributed by atoms with Crippen molar-refractivity contribution in [1.29, 1.82) is 0 Å². The SMILES string of the molecule is COc1ccc(C(=O)O)cc1NC(=O)c1cnn(C)c1C. The van der Waals surface area contributed by atoms with Crippen LogP contribution in [0.15, 0.2) is 24.4 Å². The average molecular weight is 289 g/mol. The number of carboxylic acids is 1. The molecular formula is C14H15N3O4. The Kier molecular flexibility index (Phi) is 3.93. The number of nitrogens with zero attached hydrogens (tertiary/aromatic N) is 2. The molecule has 0 atom stereocenters. The number of anilines is 1. The van der Waals surface area contributed by atoms with E-state index < -0.39 is 5.97 Å². The van der Waals surface area contributed by atoms with Crippen LogP contribution < -0.4 is 10.1 Å². The Morgan fingerprint density at radius 2 is 2.10 bits per heavy atom. The molecule has 2 rings (SSSR count). The van der Waals surface area contributed by atoms with E-state index in [2.05, 4.69) is 10.4 Å². The molecule has 0 unspecified atom stereocenters. The topological polar surface area (TPSA) is 93.4 Å². The molecule has 7 heteroatoms. The zero-order valence-corrected chi connectivity index (χ0v) is 11.9. The van der Waals surface area contributed by atoms with Crippen molar-refractivity contribution in [3.05, 3.63) is 41.2 Å². The van der Waals surface area contributed by atoms with Gasteiger partial charge in [0.15, 0.2) is 0 Å². The largest absolute Gasteiger partial charge is 0.495 e. The maximum atomic E-state index is 12.2. The molecule has 7 nitrogen and oxygen atoms in total. The van der Waals surface area contributed by atoms with Gasteiger partial charge in [-0.2, -0.15) is 5.10 Å². The quantitative estimate of drug-likeness (QED) is 0.893. The Morgan fingerprint density at radius 3 is 2.62 bits per heavy atom. The molecule has 0 spiro atoms. The molecule has 0 bridgehead atoms. The summed E-state index contributed by atoms with van der Waals surface area (Å²) in [6, 6.07) is 4.26. The lowest BCUT2D eigenvalue weighted by molar-refractivity contribution is 0.0696. The number of benzene rings is 1. The second-order valence-electron chi connectivity index (χ2n) is 4.44. The molecule has 0 saturated carbocycles. The summed E-state index contributed by atoms with van der Waals surface area (Å²) in [6.07, 6.45) is 1.46. The van der Waals surface area contributed by atoms with Gasteiger partial charge in [-0.05, 0) is 25.1 Å². The second-order valence-corrected chi connectivity index (χ2v) is 4.44. The molecule has 1 aromatic heterocycles. The Hall–Kier alpha value is -2.83. The minimum Gasteiger partial charge on any atom is -0.495 e. The van der Waals surface area contributed by atoms with Gasteiger partial charge in [-0.25, -0.2) is 4.79 Å². The van der Waals surface area contributed by atoms with Crippen LogP contribution >= 0.6 is 0 Å². The van der Waals surface area contributed by atoms with Gasteiger partial charge in [0.1, 0.15) is 5.75 Å². The van der Waals surface area contributed by atoms with Gasteiger partial charge >= 0.3 is 5.97 Å². The first-order valence-corrected chi connectivity index (χ1v) is 6.15. The molecule has 0 aliphatic rings. The minimum atomic E-state index is -1.08. The van der Waals surface area contributed by atoms with Crippen LogP contribution in [0, 0.1) is 6.92 Å². The van der Waals surface area contributed by atoms with Crippen LogP contribution in [0.1, 0.15) is 26.4 Å². The first kappa shape index (κ1) is 14.6. The van der Waals surface area contributed by atoms with E-state index in [4.69, 9.17) is 9.84 Å². The summed E-state index contributed by atoms with van der Waals surface area (Å²) in [5.41, 5.74) is 1.49. The monoisotopic (exact) mass is 289 g/mol. The van der Waals surface area contributed by atoms with Crippen LogP contribution in [-0.4, -0.2) is 33.9 Å². The zero-order valence-electron chi connectivity index (χ0n) is 11.9. The van der Waals surface area contributed by atoms with Crippen LogP contribution in [0.5, 0.6) is 5.75 Å². The van der Waals surface area contributed by atoms with Crippen molar-refractivity contribution >= 4 is 17.6 Å². The van der Waals surface area contributed by atoms with Crippen molar-refractivity contribution in [3.63, 3.8) is 0 Å². The van der Waals surface area contributed by atoms with Gasteiger partial charge in [0.2, 0.25) is 0 Å². The molecule has 0 saturated heterocycles. The summed E-state index contributed by atoms with van der Waals surface area (Å²) in [5, 5.41) is 15.6. The molecule has 0 aliphatic carbocycles. The predicted octanol–water partition coefficient (Wildman–Crippen LogP) is 1.69. The van der Waals surface area contributed by atoms with Crippen LogP contribution in [-0.2, 0) is 7.05 Å². The number of amides is 1. The molecule has 1 amide bonds. The first-order valence-electron chi connectivity index (χ1n) is 6.15. The van der Waals surface area contributed by atoms with E-state index >= 15 is 0 Å². The number of carbonyl (C=O) groups excluding carboxylic acids is 1. The number of hydrogen-bond donors (Lipinski definition) is 2. The fourth-order valence-electron chi connectivity index (χ4n) is 1.85. The Bertz CT molecular complexity index is 706. The second kappa shape index (κ2) is 5.66. The van der Waals surface area contributed by atoms with Gasteiger partial charge in [0.25, 0.3) is 5.91 Å². The summed E-state index contributed by atoms with van der Waals surface area (Å²) in [7, 11) is 3.18. The van der Waals surface area contributed by atoms with E-state index in [-0.39, 0.29) is 11.5 Å². The number of aromatic nitrogens is 2. The van der Waals surface area contributed by atoms with Crippen molar-refractivity contribution < 1.29 is 19.4 Å². The van der Waals surface area contributed by atoms with Gasteiger partial charge in [-0.15, -0.1) is 0 Å². The van der Waals surface area contributed by atoms with Crippen molar-refractivity contribution in [1.82, 2.24) is 9.78 Å². The Labute approximate surface area is 121 Å². The molecule has 0 fully saturated rings. The normalized spacial score (nSPS) is 10.2. The number of rotatable bonds is 4. The van der Waals surface area contributed by atoms with Gasteiger partial charge < -0.3 is 15.2 Å². The van der Waals surface area contributed by atoms with E-state index in [1.807, 2.05) is 0 Å². The number of aromatic carboxylic acids is 1. The minimum absolute atomic E-state index is 0.0639. The maximum Gasteiger partial charge on any atom is 0.335 e. The number of methoxy groups -OCH3 is 1. The number of carboxylic acid groups (broad SMARTS) is 1. The lowest BCUT2D eigenvalue weighted by Crippen LogP contribution is -2.14. The average Bonchev–Trinajstić information content (AvgIpc) is 2.78. The summed E-state index contributed by atoms with van der Waals surface area (Å²) < 4.78 is 6.71. The fraction of sp³-hybridized carbons (Fsp3) is 0.214. The summed E-state index contributed by atoms with van der Waals surface area (Å²) >= 11 is 0. The lowest BCUT2D eigenvalue weighted by atomic mass is 10.1. The molecule has 1 heterocycles. The highest BCUT2D eigenvalue weighted by molar-refractivity contribution is 6.06. The predicted molar refractivity (Wildman–Crippen MR) is 75.9 cm³/mol. The summed E-state index contributed by atoms with van der Waals surface area (Å²) in [6.45, 7) is 1.77. The highest BCUT2D eigenvalue weighted by atomic mass is 16.5. The number of nitrogens with one attached hydrogen (secondary N) is 1. The summed E-state index contributed by atoms with van der Waals surface area (Å²) in [4.78, 5) is 23.2.